The molecule has 2 aromatic carbocycles. The maximum absolute atomic E-state index is 9.09. The number of anilines is 2. The van der Waals surface area contributed by atoms with E-state index in [-0.39, 0.29) is 0 Å². The van der Waals surface area contributed by atoms with Crippen LogP contribution in [0.3, 0.4) is 0 Å². The number of rotatable bonds is 8. The maximum Gasteiger partial charge on any atom is 0.144 e. The Bertz CT molecular complexity index is 1040. The van der Waals surface area contributed by atoms with Crippen LogP contribution >= 0.6 is 0 Å². The van der Waals surface area contributed by atoms with E-state index in [1.54, 1.807) is 19.4 Å². The highest BCUT2D eigenvalue weighted by molar-refractivity contribution is 5.78. The lowest BCUT2D eigenvalue weighted by Gasteiger charge is -2.34. The fourth-order valence-electron chi connectivity index (χ4n) is 3.60. The summed E-state index contributed by atoms with van der Waals surface area (Å²) in [5.74, 6) is 1.37. The second kappa shape index (κ2) is 11.1. The monoisotopic (exact) mass is 430 g/mol. The zero-order valence-electron chi connectivity index (χ0n) is 19.0. The molecule has 1 fully saturated rings. The van der Waals surface area contributed by atoms with Crippen molar-refractivity contribution in [1.29, 1.82) is 5.26 Å². The summed E-state index contributed by atoms with van der Waals surface area (Å²) in [5.41, 5.74) is 4.74. The lowest BCUT2D eigenvalue weighted by molar-refractivity contribution is 0.311. The summed E-state index contributed by atoms with van der Waals surface area (Å²) in [4.78, 5) is 13.2. The fourth-order valence-corrected chi connectivity index (χ4v) is 3.60. The summed E-state index contributed by atoms with van der Waals surface area (Å²) < 4.78 is 5.63. The van der Waals surface area contributed by atoms with Crippen molar-refractivity contribution in [3.8, 4) is 11.8 Å². The van der Waals surface area contributed by atoms with Crippen LogP contribution in [0.2, 0.25) is 0 Å². The molecule has 0 bridgehead atoms. The molecule has 7 heteroatoms. The number of hydrogen-bond donors (Lipinski definition) is 1. The minimum Gasteiger partial charge on any atom is -0.495 e. The summed E-state index contributed by atoms with van der Waals surface area (Å²) in [5, 5.41) is 12.3. The third-order valence-corrected chi connectivity index (χ3v) is 5.43. The molecule has 32 heavy (non-hydrogen) atoms. The lowest BCUT2D eigenvalue weighted by Crippen LogP contribution is -2.44. The Kier molecular flexibility index (Phi) is 8.01. The van der Waals surface area contributed by atoms with Crippen LogP contribution in [0.4, 0.5) is 17.1 Å². The molecule has 1 heterocycles. The van der Waals surface area contributed by atoms with E-state index >= 15 is 0 Å². The highest BCUT2D eigenvalue weighted by Gasteiger charge is 2.17. The Morgan fingerprint density at radius 1 is 1.22 bits per heavy atom. The second-order valence-corrected chi connectivity index (χ2v) is 7.76. The Hall–Kier alpha value is -3.63. The Morgan fingerprint density at radius 2 is 2.00 bits per heavy atom. The van der Waals surface area contributed by atoms with Crippen LogP contribution in [0, 0.1) is 18.3 Å². The Morgan fingerprint density at radius 3 is 2.69 bits per heavy atom. The predicted molar refractivity (Wildman–Crippen MR) is 133 cm³/mol. The van der Waals surface area contributed by atoms with Gasteiger partial charge in [-0.15, -0.1) is 0 Å². The van der Waals surface area contributed by atoms with Crippen molar-refractivity contribution in [3.05, 3.63) is 59.4 Å². The Labute approximate surface area is 190 Å². The molecule has 0 aliphatic carbocycles. The molecule has 1 N–H and O–H groups in total. The summed E-state index contributed by atoms with van der Waals surface area (Å²) in [6.07, 6.45) is 3.76. The molecule has 166 valence electrons. The quantitative estimate of drug-likeness (QED) is 0.636. The molecule has 0 radical (unpaired) electrons. The van der Waals surface area contributed by atoms with Gasteiger partial charge in [0.05, 0.1) is 31.0 Å². The van der Waals surface area contributed by atoms with Gasteiger partial charge in [0.25, 0.3) is 0 Å². The van der Waals surface area contributed by atoms with Gasteiger partial charge in [-0.2, -0.15) is 5.26 Å². The van der Waals surface area contributed by atoms with Gasteiger partial charge in [-0.3, -0.25) is 4.99 Å². The second-order valence-electron chi connectivity index (χ2n) is 7.76. The van der Waals surface area contributed by atoms with E-state index < -0.39 is 0 Å². The van der Waals surface area contributed by atoms with Crippen LogP contribution in [0.5, 0.6) is 5.75 Å². The zero-order chi connectivity index (χ0) is 22.9. The number of aliphatic imine (C=N–C) groups is 2. The number of allylic oxidation sites excluding steroid dienone is 1. The molecule has 0 atom stereocenters. The van der Waals surface area contributed by atoms with Crippen molar-refractivity contribution in [1.82, 2.24) is 4.90 Å². The summed E-state index contributed by atoms with van der Waals surface area (Å²) in [6, 6.07) is 14.1. The molecule has 2 aromatic rings. The number of methoxy groups -OCH3 is 1. The smallest absolute Gasteiger partial charge is 0.144 e. The van der Waals surface area contributed by atoms with Crippen molar-refractivity contribution in [2.75, 3.05) is 50.6 Å². The molecule has 1 aliphatic rings. The zero-order valence-corrected chi connectivity index (χ0v) is 19.0. The maximum atomic E-state index is 9.09. The molecular formula is C25H30N6O. The van der Waals surface area contributed by atoms with E-state index in [2.05, 4.69) is 51.0 Å². The van der Waals surface area contributed by atoms with Crippen LogP contribution in [0.25, 0.3) is 0 Å². The van der Waals surface area contributed by atoms with Gasteiger partial charge in [0.1, 0.15) is 11.6 Å². The molecule has 0 unspecified atom stereocenters. The van der Waals surface area contributed by atoms with Crippen molar-refractivity contribution in [3.63, 3.8) is 0 Å². The van der Waals surface area contributed by atoms with Crippen LogP contribution in [-0.4, -0.2) is 58.2 Å². The highest BCUT2D eigenvalue weighted by atomic mass is 16.5. The van der Waals surface area contributed by atoms with E-state index in [1.165, 1.54) is 0 Å². The fraction of sp³-hybridized carbons (Fsp3) is 0.320. The molecule has 1 saturated heterocycles. The van der Waals surface area contributed by atoms with Crippen molar-refractivity contribution >= 4 is 30.0 Å². The standard InChI is InChI=1S/C25H30N6O/c1-19-5-7-22(20(17-19)9-11-26)29-25(27-2)10-12-28-21-6-8-23(24(18-21)32-4)31-15-13-30(3)14-16-31/h5-8,10,12,17-18,29H,2,9,13-16H2,1,3-4H3/b25-10+,28-12-. The first kappa shape index (κ1) is 23.0. The number of nitrogens with one attached hydrogen (secondary N) is 1. The van der Waals surface area contributed by atoms with E-state index in [9.17, 15) is 0 Å². The topological polar surface area (TPSA) is 76.2 Å². The van der Waals surface area contributed by atoms with E-state index in [0.29, 0.717) is 12.2 Å². The molecule has 7 nitrogen and oxygen atoms in total. The van der Waals surface area contributed by atoms with E-state index in [0.717, 1.165) is 60.1 Å². The first-order valence-electron chi connectivity index (χ1n) is 10.6. The van der Waals surface area contributed by atoms with Gasteiger partial charge >= 0.3 is 0 Å². The molecule has 0 spiro atoms. The predicted octanol–water partition coefficient (Wildman–Crippen LogP) is 4.18. The third kappa shape index (κ3) is 5.96. The number of nitrogens with zero attached hydrogens (tertiary/aromatic N) is 5. The molecule has 0 saturated carbocycles. The minimum absolute atomic E-state index is 0.321. The van der Waals surface area contributed by atoms with Gasteiger partial charge in [-0.1, -0.05) is 17.7 Å². The van der Waals surface area contributed by atoms with Gasteiger partial charge in [-0.05, 0) is 50.5 Å². The van der Waals surface area contributed by atoms with E-state index in [1.807, 2.05) is 37.3 Å². The number of aryl methyl sites for hydroxylation is 1. The molecule has 1 aliphatic heterocycles. The Balaban J connectivity index is 1.73. The normalized spacial score (nSPS) is 14.9. The summed E-state index contributed by atoms with van der Waals surface area (Å²) in [6.45, 7) is 9.67. The highest BCUT2D eigenvalue weighted by Crippen LogP contribution is 2.32. The number of nitriles is 1. The van der Waals surface area contributed by atoms with Gasteiger partial charge in [0.2, 0.25) is 0 Å². The summed E-state index contributed by atoms with van der Waals surface area (Å²) >= 11 is 0. The minimum atomic E-state index is 0.321. The van der Waals surface area contributed by atoms with Crippen molar-refractivity contribution < 1.29 is 4.74 Å². The van der Waals surface area contributed by atoms with Gasteiger partial charge in [0, 0.05) is 44.1 Å². The van der Waals surface area contributed by atoms with Gasteiger partial charge in [-0.25, -0.2) is 4.99 Å². The SMILES string of the molecule is C=N/C(=C\C=N/c1ccc(N2CCN(C)CC2)c(OC)c1)Nc1ccc(C)cc1CC#N. The van der Waals surface area contributed by atoms with Gasteiger partial charge < -0.3 is 19.9 Å². The third-order valence-electron chi connectivity index (χ3n) is 5.43. The molecule has 0 aromatic heterocycles. The number of piperazine rings is 1. The number of ether oxygens (including phenoxy) is 1. The average Bonchev–Trinajstić information content (AvgIpc) is 2.80. The van der Waals surface area contributed by atoms with Gasteiger partial charge in [0.15, 0.2) is 0 Å². The van der Waals surface area contributed by atoms with Crippen LogP contribution in [0.15, 0.2) is 58.3 Å². The first-order valence-corrected chi connectivity index (χ1v) is 10.6. The van der Waals surface area contributed by atoms with Crippen molar-refractivity contribution in [2.45, 2.75) is 13.3 Å². The molecule has 3 rings (SSSR count). The molecular weight excluding hydrogens is 400 g/mol. The van der Waals surface area contributed by atoms with Crippen LogP contribution in [0.1, 0.15) is 11.1 Å². The largest absolute Gasteiger partial charge is 0.495 e. The summed E-state index contributed by atoms with van der Waals surface area (Å²) in [7, 11) is 3.83. The van der Waals surface area contributed by atoms with Crippen molar-refractivity contribution in [2.24, 2.45) is 9.98 Å². The number of benzene rings is 2. The molecule has 0 amide bonds. The first-order chi connectivity index (χ1) is 15.5. The van der Waals surface area contributed by atoms with Crippen LogP contribution < -0.4 is 15.0 Å². The number of hydrogen-bond acceptors (Lipinski definition) is 7. The average molecular weight is 431 g/mol. The van der Waals surface area contributed by atoms with E-state index in [4.69, 9.17) is 10.00 Å². The lowest BCUT2D eigenvalue weighted by atomic mass is 10.1. The number of likely N-dealkylation sites (N-methyl/N-ethyl adjacent to an activating group) is 1. The van der Waals surface area contributed by atoms with Crippen LogP contribution in [-0.2, 0) is 6.42 Å².